The smallest absolute Gasteiger partial charge is 0.0598 e. The van der Waals surface area contributed by atoms with Crippen LogP contribution >= 0.6 is 23.2 Å². The largest absolute Gasteiger partial charge is 0.0914 e. The predicted octanol–water partition coefficient (Wildman–Crippen LogP) is 7.51. The van der Waals surface area contributed by atoms with Crippen molar-refractivity contribution in [2.45, 2.75) is 38.5 Å². The number of hydrogen-bond acceptors (Lipinski definition) is 0. The summed E-state index contributed by atoms with van der Waals surface area (Å²) in [5.41, 5.74) is 3.77. The second-order valence-electron chi connectivity index (χ2n) is 6.39. The lowest BCUT2D eigenvalue weighted by molar-refractivity contribution is 0.376. The Morgan fingerprint density at radius 3 is 2.09 bits per heavy atom. The normalized spacial score (nSPS) is 21.7. The molecular formula is C21H22Cl2. The lowest BCUT2D eigenvalue weighted by Crippen LogP contribution is -2.11. The zero-order chi connectivity index (χ0) is 16.2. The van der Waals surface area contributed by atoms with E-state index in [1.165, 1.54) is 36.8 Å². The summed E-state index contributed by atoms with van der Waals surface area (Å²) >= 11 is 12.1. The molecule has 1 aliphatic carbocycles. The second kappa shape index (κ2) is 7.55. The van der Waals surface area contributed by atoms with E-state index >= 15 is 0 Å². The third-order valence-electron chi connectivity index (χ3n) is 4.87. The highest BCUT2D eigenvalue weighted by atomic mass is 35.5. The molecule has 0 atom stereocenters. The monoisotopic (exact) mass is 344 g/mol. The van der Waals surface area contributed by atoms with Crippen molar-refractivity contribution in [2.75, 3.05) is 0 Å². The molecule has 0 amide bonds. The van der Waals surface area contributed by atoms with Gasteiger partial charge >= 0.3 is 0 Å². The molecule has 0 aromatic heterocycles. The Morgan fingerprint density at radius 2 is 1.48 bits per heavy atom. The molecule has 2 aromatic rings. The van der Waals surface area contributed by atoms with Gasteiger partial charge in [0.1, 0.15) is 0 Å². The molecule has 1 saturated carbocycles. The van der Waals surface area contributed by atoms with Crippen molar-refractivity contribution in [3.8, 4) is 11.1 Å². The van der Waals surface area contributed by atoms with Crippen LogP contribution in [0.1, 0.15) is 44.1 Å². The Hall–Kier alpha value is -1.24. The summed E-state index contributed by atoms with van der Waals surface area (Å²) in [6.07, 6.45) is 9.76. The van der Waals surface area contributed by atoms with E-state index in [9.17, 15) is 0 Å². The van der Waals surface area contributed by atoms with Crippen molar-refractivity contribution in [1.29, 1.82) is 0 Å². The van der Waals surface area contributed by atoms with E-state index in [-0.39, 0.29) is 0 Å². The number of halogens is 2. The van der Waals surface area contributed by atoms with Gasteiger partial charge in [-0.15, -0.1) is 0 Å². The molecule has 120 valence electrons. The van der Waals surface area contributed by atoms with E-state index in [1.54, 1.807) is 0 Å². The number of benzene rings is 2. The van der Waals surface area contributed by atoms with Crippen molar-refractivity contribution in [2.24, 2.45) is 5.92 Å². The van der Waals surface area contributed by atoms with Crippen LogP contribution in [0.2, 0.25) is 10.0 Å². The molecule has 2 aromatic carbocycles. The van der Waals surface area contributed by atoms with Gasteiger partial charge in [-0.3, -0.25) is 0 Å². The Balaban J connectivity index is 1.71. The fourth-order valence-electron chi connectivity index (χ4n) is 3.54. The molecule has 0 nitrogen and oxygen atoms in total. The van der Waals surface area contributed by atoms with E-state index in [0.29, 0.717) is 16.0 Å². The standard InChI is InChI=1S/C21H22Cl2/c1-2-3-15-4-6-16(7-5-15)17-8-10-18(11-9-17)19-12-13-20(22)21(23)14-19/h2-3,8-16H,4-7H2,1H3/b3-2+/t15-,16-. The lowest BCUT2D eigenvalue weighted by atomic mass is 9.78. The molecule has 0 unspecified atom stereocenters. The molecule has 0 radical (unpaired) electrons. The third kappa shape index (κ3) is 4.00. The minimum Gasteiger partial charge on any atom is -0.0914 e. The van der Waals surface area contributed by atoms with Crippen molar-refractivity contribution < 1.29 is 0 Å². The van der Waals surface area contributed by atoms with Crippen molar-refractivity contribution in [3.05, 3.63) is 70.2 Å². The van der Waals surface area contributed by atoms with E-state index in [2.05, 4.69) is 43.3 Å². The maximum absolute atomic E-state index is 6.12. The first-order valence-electron chi connectivity index (χ1n) is 8.35. The summed E-state index contributed by atoms with van der Waals surface area (Å²) in [7, 11) is 0. The Bertz CT molecular complexity index is 677. The van der Waals surface area contributed by atoms with Crippen LogP contribution in [-0.4, -0.2) is 0 Å². The Labute approximate surface area is 149 Å². The van der Waals surface area contributed by atoms with Gasteiger partial charge in [0.05, 0.1) is 10.0 Å². The SMILES string of the molecule is C/C=C/[C@H]1CC[C@H](c2ccc(-c3ccc(Cl)c(Cl)c3)cc2)CC1. The highest BCUT2D eigenvalue weighted by Gasteiger charge is 2.20. The van der Waals surface area contributed by atoms with Crippen molar-refractivity contribution in [1.82, 2.24) is 0 Å². The molecule has 0 saturated heterocycles. The molecule has 0 bridgehead atoms. The summed E-state index contributed by atoms with van der Waals surface area (Å²) < 4.78 is 0. The Kier molecular flexibility index (Phi) is 5.46. The van der Waals surface area contributed by atoms with Gasteiger partial charge in [0, 0.05) is 0 Å². The third-order valence-corrected chi connectivity index (χ3v) is 5.61. The topological polar surface area (TPSA) is 0 Å². The summed E-state index contributed by atoms with van der Waals surface area (Å²) in [5.74, 6) is 1.49. The van der Waals surface area contributed by atoms with E-state index in [4.69, 9.17) is 23.2 Å². The molecule has 2 heteroatoms. The molecule has 0 N–H and O–H groups in total. The maximum Gasteiger partial charge on any atom is 0.0598 e. The van der Waals surface area contributed by atoms with Crippen molar-refractivity contribution >= 4 is 23.2 Å². The molecular weight excluding hydrogens is 323 g/mol. The van der Waals surface area contributed by atoms with Crippen LogP contribution in [0.5, 0.6) is 0 Å². The van der Waals surface area contributed by atoms with Gasteiger partial charge < -0.3 is 0 Å². The minimum absolute atomic E-state index is 0.602. The first kappa shape index (κ1) is 16.6. The molecule has 1 fully saturated rings. The highest BCUT2D eigenvalue weighted by molar-refractivity contribution is 6.42. The fourth-order valence-corrected chi connectivity index (χ4v) is 3.84. The average molecular weight is 345 g/mol. The van der Waals surface area contributed by atoms with Gasteiger partial charge in [0.2, 0.25) is 0 Å². The molecule has 23 heavy (non-hydrogen) atoms. The maximum atomic E-state index is 6.12. The van der Waals surface area contributed by atoms with Crippen LogP contribution < -0.4 is 0 Å². The average Bonchev–Trinajstić information content (AvgIpc) is 2.59. The van der Waals surface area contributed by atoms with Crippen LogP contribution in [0, 0.1) is 5.92 Å². The van der Waals surface area contributed by atoms with Crippen LogP contribution in [0.4, 0.5) is 0 Å². The molecule has 1 aliphatic rings. The van der Waals surface area contributed by atoms with Gasteiger partial charge in [-0.1, -0.05) is 65.7 Å². The zero-order valence-corrected chi connectivity index (χ0v) is 14.9. The number of rotatable bonds is 3. The van der Waals surface area contributed by atoms with Crippen molar-refractivity contribution in [3.63, 3.8) is 0 Å². The zero-order valence-electron chi connectivity index (χ0n) is 13.4. The van der Waals surface area contributed by atoms with Gasteiger partial charge in [-0.2, -0.15) is 0 Å². The molecule has 0 heterocycles. The molecule has 0 spiro atoms. The quantitative estimate of drug-likeness (QED) is 0.505. The lowest BCUT2D eigenvalue weighted by Gasteiger charge is -2.27. The van der Waals surface area contributed by atoms with Crippen LogP contribution in [-0.2, 0) is 0 Å². The van der Waals surface area contributed by atoms with Gasteiger partial charge in [-0.05, 0) is 73.3 Å². The summed E-state index contributed by atoms with van der Waals surface area (Å²) in [6, 6.07) is 14.8. The Morgan fingerprint density at radius 1 is 0.826 bits per heavy atom. The summed E-state index contributed by atoms with van der Waals surface area (Å²) in [5, 5.41) is 1.21. The predicted molar refractivity (Wildman–Crippen MR) is 101 cm³/mol. The van der Waals surface area contributed by atoms with Gasteiger partial charge in [0.15, 0.2) is 0 Å². The highest BCUT2D eigenvalue weighted by Crippen LogP contribution is 2.37. The molecule has 0 aliphatic heterocycles. The first-order chi connectivity index (χ1) is 11.2. The fraction of sp³-hybridized carbons (Fsp3) is 0.333. The van der Waals surface area contributed by atoms with E-state index in [0.717, 1.165) is 11.5 Å². The van der Waals surface area contributed by atoms with Gasteiger partial charge in [0.25, 0.3) is 0 Å². The number of allylic oxidation sites excluding steroid dienone is 2. The summed E-state index contributed by atoms with van der Waals surface area (Å²) in [6.45, 7) is 2.12. The van der Waals surface area contributed by atoms with Crippen LogP contribution in [0.3, 0.4) is 0 Å². The first-order valence-corrected chi connectivity index (χ1v) is 9.11. The van der Waals surface area contributed by atoms with E-state index < -0.39 is 0 Å². The van der Waals surface area contributed by atoms with Crippen LogP contribution in [0.25, 0.3) is 11.1 Å². The minimum atomic E-state index is 0.602. The molecule has 3 rings (SSSR count). The van der Waals surface area contributed by atoms with Gasteiger partial charge in [-0.25, -0.2) is 0 Å². The second-order valence-corrected chi connectivity index (χ2v) is 7.20. The van der Waals surface area contributed by atoms with Crippen LogP contribution in [0.15, 0.2) is 54.6 Å². The summed E-state index contributed by atoms with van der Waals surface area (Å²) in [4.78, 5) is 0. The van der Waals surface area contributed by atoms with E-state index in [1.807, 2.05) is 18.2 Å². The number of hydrogen-bond donors (Lipinski definition) is 0.